The van der Waals surface area contributed by atoms with E-state index in [1.54, 1.807) is 10.4 Å². The maximum absolute atomic E-state index is 13.5. The summed E-state index contributed by atoms with van der Waals surface area (Å²) in [6, 6.07) is 1.83. The molecule has 1 aliphatic carbocycles. The van der Waals surface area contributed by atoms with E-state index in [0.717, 1.165) is 25.7 Å². The molecule has 0 unspecified atom stereocenters. The van der Waals surface area contributed by atoms with Gasteiger partial charge in [-0.2, -0.15) is 4.31 Å². The number of rotatable bonds is 8. The molecule has 4 rings (SSSR count). The standard InChI is InChI=1S/C21H34N4O5S/c1-2-18-13-20(24-30-18)21(27)23-15-11-16-5-6-17(12-15)25(16)31(28,29)19-7-3-14(4-8-19)22-9-10-26/h13-17,19,22,26H,2-12H2,1H3,(H,23,27)/t14-,15-,16+,17-,19-. The van der Waals surface area contributed by atoms with Gasteiger partial charge in [-0.1, -0.05) is 12.1 Å². The van der Waals surface area contributed by atoms with Crippen molar-refractivity contribution in [1.29, 1.82) is 0 Å². The van der Waals surface area contributed by atoms with E-state index in [-0.39, 0.29) is 41.6 Å². The summed E-state index contributed by atoms with van der Waals surface area (Å²) in [5.74, 6) is 0.422. The number of carbonyl (C=O) groups excluding carboxylic acids is 1. The van der Waals surface area contributed by atoms with Crippen LogP contribution in [0, 0.1) is 0 Å². The van der Waals surface area contributed by atoms with Gasteiger partial charge in [0.1, 0.15) is 5.76 Å². The van der Waals surface area contributed by atoms with Crippen molar-refractivity contribution in [3.63, 3.8) is 0 Å². The summed E-state index contributed by atoms with van der Waals surface area (Å²) in [7, 11) is -3.35. The topological polar surface area (TPSA) is 125 Å². The van der Waals surface area contributed by atoms with Crippen LogP contribution in [0.4, 0.5) is 0 Å². The molecule has 2 bridgehead atoms. The van der Waals surface area contributed by atoms with Crippen LogP contribution in [-0.4, -0.2) is 71.5 Å². The molecular weight excluding hydrogens is 420 g/mol. The molecule has 9 nitrogen and oxygen atoms in total. The van der Waals surface area contributed by atoms with Crippen LogP contribution in [0.3, 0.4) is 0 Å². The van der Waals surface area contributed by atoms with Crippen LogP contribution in [0.2, 0.25) is 0 Å². The van der Waals surface area contributed by atoms with Crippen LogP contribution >= 0.6 is 0 Å². The van der Waals surface area contributed by atoms with Gasteiger partial charge in [0.15, 0.2) is 5.69 Å². The van der Waals surface area contributed by atoms with Crippen molar-refractivity contribution in [3.8, 4) is 0 Å². The molecule has 0 radical (unpaired) electrons. The molecule has 1 amide bonds. The molecule has 174 valence electrons. The first kappa shape index (κ1) is 22.7. The number of aryl methyl sites for hydroxylation is 1. The van der Waals surface area contributed by atoms with E-state index in [9.17, 15) is 13.2 Å². The van der Waals surface area contributed by atoms with E-state index in [2.05, 4.69) is 15.8 Å². The molecule has 1 aromatic heterocycles. The van der Waals surface area contributed by atoms with E-state index in [0.29, 0.717) is 50.5 Å². The Morgan fingerprint density at radius 3 is 2.42 bits per heavy atom. The Morgan fingerprint density at radius 2 is 1.84 bits per heavy atom. The second-order valence-electron chi connectivity index (χ2n) is 9.09. The number of hydrogen-bond donors (Lipinski definition) is 3. The number of hydrogen-bond acceptors (Lipinski definition) is 7. The van der Waals surface area contributed by atoms with E-state index < -0.39 is 10.0 Å². The normalized spacial score (nSPS) is 31.6. The van der Waals surface area contributed by atoms with E-state index in [4.69, 9.17) is 9.63 Å². The highest BCUT2D eigenvalue weighted by atomic mass is 32.2. The van der Waals surface area contributed by atoms with Gasteiger partial charge in [-0.05, 0) is 51.4 Å². The minimum atomic E-state index is -3.35. The van der Waals surface area contributed by atoms with E-state index in [1.807, 2.05) is 6.92 Å². The van der Waals surface area contributed by atoms with Crippen molar-refractivity contribution in [2.75, 3.05) is 13.2 Å². The molecule has 3 heterocycles. The fourth-order valence-electron chi connectivity index (χ4n) is 5.52. The summed E-state index contributed by atoms with van der Waals surface area (Å²) in [5.41, 5.74) is 0.283. The highest BCUT2D eigenvalue weighted by molar-refractivity contribution is 7.89. The number of sulfonamides is 1. The van der Waals surface area contributed by atoms with Crippen LogP contribution < -0.4 is 10.6 Å². The number of nitrogens with zero attached hydrogens (tertiary/aromatic N) is 2. The molecule has 31 heavy (non-hydrogen) atoms. The Kier molecular flexibility index (Phi) is 7.00. The fraction of sp³-hybridized carbons (Fsp3) is 0.810. The van der Waals surface area contributed by atoms with Gasteiger partial charge in [-0.25, -0.2) is 8.42 Å². The highest BCUT2D eigenvalue weighted by Crippen LogP contribution is 2.41. The first-order valence-electron chi connectivity index (χ1n) is 11.6. The minimum absolute atomic E-state index is 0.0391. The predicted molar refractivity (Wildman–Crippen MR) is 115 cm³/mol. The zero-order valence-corrected chi connectivity index (χ0v) is 18.9. The summed E-state index contributed by atoms with van der Waals surface area (Å²) in [5, 5.41) is 18.8. The Balaban J connectivity index is 1.35. The summed E-state index contributed by atoms with van der Waals surface area (Å²) in [4.78, 5) is 12.5. The van der Waals surface area contributed by atoms with Crippen molar-refractivity contribution < 1.29 is 22.8 Å². The summed E-state index contributed by atoms with van der Waals surface area (Å²) < 4.78 is 33.8. The lowest BCUT2D eigenvalue weighted by molar-refractivity contribution is 0.0899. The second-order valence-corrected chi connectivity index (χ2v) is 11.2. The van der Waals surface area contributed by atoms with Crippen LogP contribution in [-0.2, 0) is 16.4 Å². The van der Waals surface area contributed by atoms with Crippen LogP contribution in [0.25, 0.3) is 0 Å². The van der Waals surface area contributed by atoms with Gasteiger partial charge < -0.3 is 20.3 Å². The summed E-state index contributed by atoms with van der Waals surface area (Å²) in [6.07, 6.45) is 6.65. The van der Waals surface area contributed by atoms with Gasteiger partial charge in [-0.3, -0.25) is 4.79 Å². The number of piperidine rings is 1. The van der Waals surface area contributed by atoms with Crippen molar-refractivity contribution in [3.05, 3.63) is 17.5 Å². The van der Waals surface area contributed by atoms with Gasteiger partial charge in [0, 0.05) is 43.2 Å². The first-order valence-corrected chi connectivity index (χ1v) is 13.1. The van der Waals surface area contributed by atoms with Gasteiger partial charge in [0.25, 0.3) is 5.91 Å². The third-order valence-corrected chi connectivity index (χ3v) is 9.57. The molecular formula is C21H34N4O5S. The van der Waals surface area contributed by atoms with Crippen molar-refractivity contribution in [2.24, 2.45) is 0 Å². The number of amides is 1. The Bertz CT molecular complexity index is 851. The lowest BCUT2D eigenvalue weighted by Gasteiger charge is -2.41. The third-order valence-electron chi connectivity index (χ3n) is 7.08. The SMILES string of the molecule is CCc1cc(C(=O)N[C@H]2C[C@H]3CC[C@@H](C2)N3S(=O)(=O)[C@H]2CC[C@H](NCCO)CC2)no1. The molecule has 1 aromatic rings. The molecule has 3 fully saturated rings. The predicted octanol–water partition coefficient (Wildman–Crippen LogP) is 1.19. The molecule has 10 heteroatoms. The van der Waals surface area contributed by atoms with Crippen LogP contribution in [0.15, 0.2) is 10.6 Å². The first-order chi connectivity index (χ1) is 14.9. The van der Waals surface area contributed by atoms with Crippen molar-refractivity contribution in [2.45, 2.75) is 94.1 Å². The monoisotopic (exact) mass is 454 g/mol. The summed E-state index contributed by atoms with van der Waals surface area (Å²) in [6.45, 7) is 2.59. The van der Waals surface area contributed by atoms with E-state index in [1.165, 1.54) is 0 Å². The Hall–Kier alpha value is -1.49. The number of aliphatic hydroxyl groups is 1. The number of aliphatic hydroxyl groups excluding tert-OH is 1. The smallest absolute Gasteiger partial charge is 0.273 e. The fourth-order valence-corrected chi connectivity index (χ4v) is 7.95. The maximum Gasteiger partial charge on any atom is 0.273 e. The molecule has 0 spiro atoms. The molecule has 1 saturated carbocycles. The molecule has 3 atom stereocenters. The number of fused-ring (bicyclic) bond motifs is 2. The third kappa shape index (κ3) is 4.81. The Labute approximate surface area is 184 Å². The van der Waals surface area contributed by atoms with Crippen LogP contribution in [0.1, 0.15) is 74.5 Å². The van der Waals surface area contributed by atoms with E-state index >= 15 is 0 Å². The Morgan fingerprint density at radius 1 is 1.16 bits per heavy atom. The zero-order valence-electron chi connectivity index (χ0n) is 18.1. The molecule has 0 aromatic carbocycles. The zero-order chi connectivity index (χ0) is 22.0. The van der Waals surface area contributed by atoms with Gasteiger partial charge >= 0.3 is 0 Å². The van der Waals surface area contributed by atoms with Gasteiger partial charge in [-0.15, -0.1) is 0 Å². The average molecular weight is 455 g/mol. The lowest BCUT2D eigenvalue weighted by atomic mass is 9.95. The van der Waals surface area contributed by atoms with Crippen molar-refractivity contribution >= 4 is 15.9 Å². The lowest BCUT2D eigenvalue weighted by Crippen LogP contribution is -2.55. The highest BCUT2D eigenvalue weighted by Gasteiger charge is 2.49. The molecule has 2 aliphatic heterocycles. The average Bonchev–Trinajstić information content (AvgIpc) is 3.36. The molecule has 3 N–H and O–H groups in total. The number of nitrogens with one attached hydrogen (secondary N) is 2. The molecule has 2 saturated heterocycles. The largest absolute Gasteiger partial charge is 0.395 e. The molecule has 3 aliphatic rings. The van der Waals surface area contributed by atoms with Crippen molar-refractivity contribution in [1.82, 2.24) is 20.1 Å². The minimum Gasteiger partial charge on any atom is -0.395 e. The number of carbonyl (C=O) groups is 1. The van der Waals surface area contributed by atoms with Crippen LogP contribution in [0.5, 0.6) is 0 Å². The maximum atomic E-state index is 13.5. The second kappa shape index (κ2) is 9.56. The van der Waals surface area contributed by atoms with Gasteiger partial charge in [0.05, 0.1) is 11.9 Å². The quantitative estimate of drug-likeness (QED) is 0.539. The van der Waals surface area contributed by atoms with Gasteiger partial charge in [0.2, 0.25) is 10.0 Å². The summed E-state index contributed by atoms with van der Waals surface area (Å²) >= 11 is 0. The number of aromatic nitrogens is 1.